The van der Waals surface area contributed by atoms with Gasteiger partial charge in [0.1, 0.15) is 23.0 Å². The minimum atomic E-state index is -4.91. The number of alkyl halides is 3. The van der Waals surface area contributed by atoms with E-state index in [0.29, 0.717) is 17.0 Å². The quantitative estimate of drug-likeness (QED) is 0.264. The standard InChI is InChI=1S/C33H33F3N4O5/c1-20-4-5-23(21(2)14-20)18-40-29(15-28(33(34,35)36)27(16-37)30(40)43)22-10-12-32(3,13-11-22)45-26-8-6-24(7-9-26)39-31(44)38-17-25(42)19-41/h4-12,14-15,25,41-42H,13,17-19H2,1-3H3,(H2,38,39,44). The topological polar surface area (TPSA) is 137 Å². The van der Waals surface area contributed by atoms with E-state index in [4.69, 9.17) is 9.84 Å². The number of carbonyl (C=O) groups is 1. The number of pyridine rings is 1. The van der Waals surface area contributed by atoms with Gasteiger partial charge in [0, 0.05) is 18.7 Å². The fraction of sp³-hybridized carbons (Fsp3) is 0.303. The van der Waals surface area contributed by atoms with Gasteiger partial charge in [0.25, 0.3) is 5.56 Å². The number of aliphatic hydroxyl groups excluding tert-OH is 2. The Kier molecular flexibility index (Phi) is 9.85. The fourth-order valence-electron chi connectivity index (χ4n) is 4.87. The molecule has 0 saturated carbocycles. The van der Waals surface area contributed by atoms with Gasteiger partial charge in [-0.3, -0.25) is 4.79 Å². The first kappa shape index (κ1) is 33.0. The van der Waals surface area contributed by atoms with Crippen LogP contribution < -0.4 is 20.9 Å². The first-order chi connectivity index (χ1) is 21.2. The maximum absolute atomic E-state index is 14.0. The molecule has 4 N–H and O–H groups in total. The molecule has 12 heteroatoms. The molecule has 1 aliphatic carbocycles. The van der Waals surface area contributed by atoms with E-state index in [0.717, 1.165) is 22.8 Å². The van der Waals surface area contributed by atoms with Crippen LogP contribution in [-0.4, -0.2) is 45.7 Å². The van der Waals surface area contributed by atoms with Crippen molar-refractivity contribution in [3.8, 4) is 11.8 Å². The molecule has 0 aliphatic heterocycles. The van der Waals surface area contributed by atoms with Crippen molar-refractivity contribution in [2.24, 2.45) is 0 Å². The summed E-state index contributed by atoms with van der Waals surface area (Å²) >= 11 is 0. The Morgan fingerprint density at radius 2 is 1.89 bits per heavy atom. The highest BCUT2D eigenvalue weighted by molar-refractivity contribution is 5.89. The van der Waals surface area contributed by atoms with Gasteiger partial charge in [-0.25, -0.2) is 4.79 Å². The van der Waals surface area contributed by atoms with E-state index in [-0.39, 0.29) is 25.2 Å². The number of urea groups is 1. The van der Waals surface area contributed by atoms with Gasteiger partial charge >= 0.3 is 12.2 Å². The van der Waals surface area contributed by atoms with Crippen molar-refractivity contribution >= 4 is 17.3 Å². The highest BCUT2D eigenvalue weighted by atomic mass is 19.4. The van der Waals surface area contributed by atoms with Gasteiger partial charge in [-0.05, 0) is 73.9 Å². The van der Waals surface area contributed by atoms with Crippen LogP contribution in [-0.2, 0) is 12.7 Å². The third kappa shape index (κ3) is 8.00. The Balaban J connectivity index is 1.58. The zero-order valence-electron chi connectivity index (χ0n) is 24.9. The van der Waals surface area contributed by atoms with Crippen LogP contribution in [0.5, 0.6) is 5.75 Å². The predicted octanol–water partition coefficient (Wildman–Crippen LogP) is 5.06. The van der Waals surface area contributed by atoms with Crippen LogP contribution >= 0.6 is 0 Å². The molecule has 45 heavy (non-hydrogen) atoms. The number of aliphatic hydroxyl groups is 2. The maximum Gasteiger partial charge on any atom is 0.417 e. The predicted molar refractivity (Wildman–Crippen MR) is 163 cm³/mol. The van der Waals surface area contributed by atoms with Gasteiger partial charge in [-0.1, -0.05) is 35.9 Å². The number of benzene rings is 2. The summed E-state index contributed by atoms with van der Waals surface area (Å²) in [4.78, 5) is 25.3. The zero-order chi connectivity index (χ0) is 32.9. The number of amides is 2. The number of carbonyl (C=O) groups excluding carboxylic acids is 1. The molecule has 1 aliphatic rings. The molecular weight excluding hydrogens is 589 g/mol. The number of anilines is 1. The van der Waals surface area contributed by atoms with Crippen molar-refractivity contribution in [2.45, 2.75) is 51.6 Å². The maximum atomic E-state index is 14.0. The van der Waals surface area contributed by atoms with Crippen molar-refractivity contribution in [1.82, 2.24) is 9.88 Å². The summed E-state index contributed by atoms with van der Waals surface area (Å²) < 4.78 is 49.3. The monoisotopic (exact) mass is 622 g/mol. The Morgan fingerprint density at radius 1 is 1.18 bits per heavy atom. The van der Waals surface area contributed by atoms with Gasteiger partial charge in [-0.15, -0.1) is 0 Å². The molecular formula is C33H33F3N4O5. The molecule has 1 aromatic heterocycles. The lowest BCUT2D eigenvalue weighted by Gasteiger charge is -2.30. The number of hydrogen-bond donors (Lipinski definition) is 4. The molecule has 0 spiro atoms. The van der Waals surface area contributed by atoms with Crippen LogP contribution in [0.15, 0.2) is 71.6 Å². The highest BCUT2D eigenvalue weighted by Gasteiger charge is 2.37. The molecule has 0 bridgehead atoms. The van der Waals surface area contributed by atoms with E-state index in [1.165, 1.54) is 10.6 Å². The van der Waals surface area contributed by atoms with Crippen LogP contribution in [0.4, 0.5) is 23.7 Å². The molecule has 2 amide bonds. The summed E-state index contributed by atoms with van der Waals surface area (Å²) in [5.41, 5.74) is -0.681. The van der Waals surface area contributed by atoms with Crippen molar-refractivity contribution in [2.75, 3.05) is 18.5 Å². The minimum Gasteiger partial charge on any atom is -0.483 e. The van der Waals surface area contributed by atoms with Gasteiger partial charge < -0.3 is 30.2 Å². The summed E-state index contributed by atoms with van der Waals surface area (Å²) in [6, 6.07) is 13.8. The SMILES string of the molecule is Cc1ccc(Cn2c(C3=CCC(C)(Oc4ccc(NC(=O)NCC(O)CO)cc4)C=C3)cc(C(F)(F)F)c(C#N)c2=O)c(C)c1. The smallest absolute Gasteiger partial charge is 0.417 e. The van der Waals surface area contributed by atoms with Crippen molar-refractivity contribution < 1.29 is 32.9 Å². The van der Waals surface area contributed by atoms with E-state index in [1.54, 1.807) is 49.4 Å². The summed E-state index contributed by atoms with van der Waals surface area (Å²) in [5.74, 6) is 0.463. The van der Waals surface area contributed by atoms with Gasteiger partial charge in [0.15, 0.2) is 0 Å². The lowest BCUT2D eigenvalue weighted by atomic mass is 9.91. The number of hydrogen-bond acceptors (Lipinski definition) is 6. The van der Waals surface area contributed by atoms with Crippen LogP contribution in [0.2, 0.25) is 0 Å². The molecule has 4 rings (SSSR count). The number of rotatable bonds is 9. The van der Waals surface area contributed by atoms with Crippen molar-refractivity contribution in [3.05, 3.63) is 111 Å². The number of nitrogens with one attached hydrogen (secondary N) is 2. The summed E-state index contributed by atoms with van der Waals surface area (Å²) in [5, 5.41) is 32.7. The van der Waals surface area contributed by atoms with Crippen LogP contribution in [0, 0.1) is 25.2 Å². The number of ether oxygens (including phenoxy) is 1. The lowest BCUT2D eigenvalue weighted by molar-refractivity contribution is -0.138. The summed E-state index contributed by atoms with van der Waals surface area (Å²) in [6.07, 6.45) is -0.723. The van der Waals surface area contributed by atoms with Crippen LogP contribution in [0.1, 0.15) is 46.9 Å². The number of allylic oxidation sites excluding steroid dienone is 2. The third-order valence-corrected chi connectivity index (χ3v) is 7.35. The first-order valence-corrected chi connectivity index (χ1v) is 14.1. The van der Waals surface area contributed by atoms with E-state index in [1.807, 2.05) is 32.0 Å². The largest absolute Gasteiger partial charge is 0.483 e. The Labute approximate surface area is 257 Å². The number of nitrogens with zero attached hydrogens (tertiary/aromatic N) is 2. The fourth-order valence-corrected chi connectivity index (χ4v) is 4.87. The summed E-state index contributed by atoms with van der Waals surface area (Å²) in [6.45, 7) is 4.94. The molecule has 3 aromatic rings. The van der Waals surface area contributed by atoms with Crippen LogP contribution in [0.25, 0.3) is 5.57 Å². The van der Waals surface area contributed by atoms with Crippen molar-refractivity contribution in [1.29, 1.82) is 5.26 Å². The third-order valence-electron chi connectivity index (χ3n) is 7.35. The van der Waals surface area contributed by atoms with Crippen LogP contribution in [0.3, 0.4) is 0 Å². The molecule has 9 nitrogen and oxygen atoms in total. The first-order valence-electron chi connectivity index (χ1n) is 14.1. The number of nitriles is 1. The lowest BCUT2D eigenvalue weighted by Crippen LogP contribution is -2.36. The van der Waals surface area contributed by atoms with E-state index in [9.17, 15) is 33.1 Å². The number of aromatic nitrogens is 1. The molecule has 236 valence electrons. The second kappa shape index (κ2) is 13.4. The molecule has 2 unspecified atom stereocenters. The van der Waals surface area contributed by atoms with Crippen molar-refractivity contribution in [3.63, 3.8) is 0 Å². The second-order valence-electron chi connectivity index (χ2n) is 11.1. The zero-order valence-corrected chi connectivity index (χ0v) is 24.9. The van der Waals surface area contributed by atoms with Gasteiger partial charge in [-0.2, -0.15) is 18.4 Å². The van der Waals surface area contributed by atoms with Gasteiger partial charge in [0.05, 0.1) is 30.5 Å². The minimum absolute atomic E-state index is 0.0214. The Bertz CT molecular complexity index is 1740. The number of aryl methyl sites for hydroxylation is 2. The average molecular weight is 623 g/mol. The number of halogens is 3. The molecule has 1 heterocycles. The normalized spacial score (nSPS) is 16.8. The van der Waals surface area contributed by atoms with E-state index >= 15 is 0 Å². The summed E-state index contributed by atoms with van der Waals surface area (Å²) in [7, 11) is 0. The Morgan fingerprint density at radius 3 is 2.47 bits per heavy atom. The molecule has 0 radical (unpaired) electrons. The molecule has 2 atom stereocenters. The van der Waals surface area contributed by atoms with E-state index < -0.39 is 47.2 Å². The molecule has 0 saturated heterocycles. The average Bonchev–Trinajstić information content (AvgIpc) is 2.98. The van der Waals surface area contributed by atoms with Gasteiger partial charge in [0.2, 0.25) is 0 Å². The molecule has 2 aromatic carbocycles. The highest BCUT2D eigenvalue weighted by Crippen LogP contribution is 2.35. The Hall–Kier alpha value is -4.86. The molecule has 0 fully saturated rings. The second-order valence-corrected chi connectivity index (χ2v) is 11.1. The van der Waals surface area contributed by atoms with E-state index in [2.05, 4.69) is 10.6 Å².